The summed E-state index contributed by atoms with van der Waals surface area (Å²) >= 11 is 6.28. The number of halogens is 1. The molecule has 1 aromatic heterocycles. The molecule has 1 aliphatic heterocycles. The lowest BCUT2D eigenvalue weighted by Gasteiger charge is -2.36. The van der Waals surface area contributed by atoms with Gasteiger partial charge in [-0.2, -0.15) is 0 Å². The summed E-state index contributed by atoms with van der Waals surface area (Å²) in [7, 11) is 0. The number of carbonyl (C=O) groups excluding carboxylic acids is 2. The lowest BCUT2D eigenvalue weighted by Crippen LogP contribution is -2.49. The first kappa shape index (κ1) is 20.3. The third-order valence-electron chi connectivity index (χ3n) is 4.97. The van der Waals surface area contributed by atoms with Gasteiger partial charge in [0, 0.05) is 45.7 Å². The number of rotatable bonds is 7. The van der Waals surface area contributed by atoms with Gasteiger partial charge < -0.3 is 19.1 Å². The van der Waals surface area contributed by atoms with Gasteiger partial charge in [-0.25, -0.2) is 0 Å². The van der Waals surface area contributed by atoms with Crippen molar-refractivity contribution < 1.29 is 14.0 Å². The second kappa shape index (κ2) is 9.64. The van der Waals surface area contributed by atoms with Crippen LogP contribution in [0.4, 0.5) is 5.69 Å². The highest BCUT2D eigenvalue weighted by Gasteiger charge is 2.24. The van der Waals surface area contributed by atoms with Crippen molar-refractivity contribution in [2.45, 2.75) is 19.8 Å². The third kappa shape index (κ3) is 4.87. The molecular weight excluding hydrogens is 378 g/mol. The van der Waals surface area contributed by atoms with Gasteiger partial charge in [0.2, 0.25) is 5.91 Å². The number of benzene rings is 1. The first-order chi connectivity index (χ1) is 13.6. The van der Waals surface area contributed by atoms with Crippen molar-refractivity contribution >= 4 is 29.1 Å². The van der Waals surface area contributed by atoms with Gasteiger partial charge in [-0.3, -0.25) is 9.59 Å². The van der Waals surface area contributed by atoms with Crippen LogP contribution in [-0.2, 0) is 4.79 Å². The number of piperazine rings is 1. The Balaban J connectivity index is 1.51. The maximum absolute atomic E-state index is 12.7. The number of carbonyl (C=O) groups is 2. The predicted octanol–water partition coefficient (Wildman–Crippen LogP) is 3.52. The summed E-state index contributed by atoms with van der Waals surface area (Å²) in [6.07, 6.45) is 4.10. The quantitative estimate of drug-likeness (QED) is 0.709. The van der Waals surface area contributed by atoms with E-state index in [0.717, 1.165) is 30.2 Å². The fraction of sp³-hybridized carbons (Fsp3) is 0.429. The molecule has 1 aliphatic rings. The Morgan fingerprint density at radius 3 is 2.50 bits per heavy atom. The van der Waals surface area contributed by atoms with Gasteiger partial charge in [-0.05, 0) is 24.6 Å². The largest absolute Gasteiger partial charge is 0.472 e. The Morgan fingerprint density at radius 2 is 1.86 bits per heavy atom. The molecule has 6 nitrogen and oxygen atoms in total. The summed E-state index contributed by atoms with van der Waals surface area (Å²) < 4.78 is 5.00. The molecule has 1 aromatic carbocycles. The van der Waals surface area contributed by atoms with Crippen molar-refractivity contribution in [1.82, 2.24) is 9.80 Å². The summed E-state index contributed by atoms with van der Waals surface area (Å²) in [6.45, 7) is 5.88. The summed E-state index contributed by atoms with van der Waals surface area (Å²) in [5.41, 5.74) is 1.53. The second-order valence-electron chi connectivity index (χ2n) is 6.87. The van der Waals surface area contributed by atoms with Crippen molar-refractivity contribution in [3.63, 3.8) is 0 Å². The molecule has 2 aromatic rings. The van der Waals surface area contributed by atoms with E-state index in [9.17, 15) is 9.59 Å². The first-order valence-electron chi connectivity index (χ1n) is 9.69. The van der Waals surface area contributed by atoms with E-state index in [0.29, 0.717) is 38.2 Å². The van der Waals surface area contributed by atoms with Gasteiger partial charge in [0.05, 0.1) is 22.5 Å². The monoisotopic (exact) mass is 403 g/mol. The molecule has 1 fully saturated rings. The van der Waals surface area contributed by atoms with E-state index in [2.05, 4.69) is 4.90 Å². The Bertz CT molecular complexity index is 786. The van der Waals surface area contributed by atoms with Crippen molar-refractivity contribution in [1.29, 1.82) is 0 Å². The van der Waals surface area contributed by atoms with Crippen LogP contribution in [0, 0.1) is 0 Å². The van der Waals surface area contributed by atoms with Crippen LogP contribution in [0.15, 0.2) is 47.3 Å². The number of hydrogen-bond donors (Lipinski definition) is 0. The van der Waals surface area contributed by atoms with Crippen molar-refractivity contribution in [2.24, 2.45) is 0 Å². The van der Waals surface area contributed by atoms with Gasteiger partial charge in [-0.1, -0.05) is 30.7 Å². The third-order valence-corrected chi connectivity index (χ3v) is 5.29. The van der Waals surface area contributed by atoms with Crippen LogP contribution in [0.5, 0.6) is 0 Å². The number of anilines is 1. The molecule has 1 saturated heterocycles. The van der Waals surface area contributed by atoms with E-state index in [1.165, 1.54) is 12.5 Å². The molecule has 28 heavy (non-hydrogen) atoms. The number of amides is 2. The molecular formula is C21H26ClN3O3. The van der Waals surface area contributed by atoms with Crippen LogP contribution < -0.4 is 4.90 Å². The normalized spacial score (nSPS) is 14.2. The zero-order chi connectivity index (χ0) is 19.9. The van der Waals surface area contributed by atoms with Gasteiger partial charge in [0.15, 0.2) is 0 Å². The zero-order valence-corrected chi connectivity index (χ0v) is 16.9. The molecule has 0 unspecified atom stereocenters. The summed E-state index contributed by atoms with van der Waals surface area (Å²) in [6, 6.07) is 9.43. The van der Waals surface area contributed by atoms with Crippen molar-refractivity contribution in [3.05, 3.63) is 53.4 Å². The summed E-state index contributed by atoms with van der Waals surface area (Å²) in [4.78, 5) is 31.0. The predicted molar refractivity (Wildman–Crippen MR) is 110 cm³/mol. The van der Waals surface area contributed by atoms with Crippen molar-refractivity contribution in [3.8, 4) is 0 Å². The van der Waals surface area contributed by atoms with Gasteiger partial charge in [-0.15, -0.1) is 0 Å². The molecule has 0 saturated carbocycles. The smallest absolute Gasteiger partial charge is 0.257 e. The summed E-state index contributed by atoms with van der Waals surface area (Å²) in [5.74, 6) is -0.00755. The standard InChI is InChI=1S/C21H26ClN3O3/c1-2-9-25(21(27)17-8-15-28-16-17)10-7-20(26)24-13-11-23(12-14-24)19-6-4-3-5-18(19)22/h3-6,8,15-16H,2,7,9-14H2,1H3. The fourth-order valence-corrected chi connectivity index (χ4v) is 3.70. The summed E-state index contributed by atoms with van der Waals surface area (Å²) in [5, 5.41) is 0.732. The van der Waals surface area contributed by atoms with Crippen LogP contribution in [-0.4, -0.2) is 60.9 Å². The van der Waals surface area contributed by atoms with Gasteiger partial charge in [0.25, 0.3) is 5.91 Å². The number of nitrogens with zero attached hydrogens (tertiary/aromatic N) is 3. The maximum Gasteiger partial charge on any atom is 0.257 e. The Morgan fingerprint density at radius 1 is 1.11 bits per heavy atom. The minimum atomic E-state index is -0.0908. The molecule has 3 rings (SSSR count). The van der Waals surface area contributed by atoms with E-state index in [-0.39, 0.29) is 11.8 Å². The highest BCUT2D eigenvalue weighted by atomic mass is 35.5. The first-order valence-corrected chi connectivity index (χ1v) is 10.1. The number of para-hydroxylation sites is 1. The van der Waals surface area contributed by atoms with Crippen LogP contribution >= 0.6 is 11.6 Å². The molecule has 150 valence electrons. The number of furan rings is 1. The lowest BCUT2D eigenvalue weighted by atomic mass is 10.2. The fourth-order valence-electron chi connectivity index (χ4n) is 3.45. The zero-order valence-electron chi connectivity index (χ0n) is 16.1. The van der Waals surface area contributed by atoms with E-state index >= 15 is 0 Å². The SMILES string of the molecule is CCCN(CCC(=O)N1CCN(c2ccccc2Cl)CC1)C(=O)c1ccoc1. The molecule has 7 heteroatoms. The Labute approximate surface area is 170 Å². The average molecular weight is 404 g/mol. The molecule has 0 bridgehead atoms. The highest BCUT2D eigenvalue weighted by Crippen LogP contribution is 2.26. The Kier molecular flexibility index (Phi) is 6.98. The molecule has 0 atom stereocenters. The topological polar surface area (TPSA) is 57.0 Å². The average Bonchev–Trinajstić information content (AvgIpc) is 3.26. The van der Waals surface area contributed by atoms with Crippen molar-refractivity contribution in [2.75, 3.05) is 44.2 Å². The van der Waals surface area contributed by atoms with E-state index in [1.54, 1.807) is 11.0 Å². The maximum atomic E-state index is 12.7. The minimum Gasteiger partial charge on any atom is -0.472 e. The lowest BCUT2D eigenvalue weighted by molar-refractivity contribution is -0.131. The molecule has 0 spiro atoms. The molecule has 2 amide bonds. The Hall–Kier alpha value is -2.47. The van der Waals surface area contributed by atoms with E-state index in [1.807, 2.05) is 36.1 Å². The van der Waals surface area contributed by atoms with Crippen LogP contribution in [0.3, 0.4) is 0 Å². The van der Waals surface area contributed by atoms with E-state index < -0.39 is 0 Å². The number of hydrogen-bond acceptors (Lipinski definition) is 4. The second-order valence-corrected chi connectivity index (χ2v) is 7.28. The molecule has 0 N–H and O–H groups in total. The molecule has 0 radical (unpaired) electrons. The van der Waals surface area contributed by atoms with Crippen LogP contribution in [0.2, 0.25) is 5.02 Å². The minimum absolute atomic E-state index is 0.0832. The molecule has 0 aliphatic carbocycles. The van der Waals surface area contributed by atoms with Gasteiger partial charge >= 0.3 is 0 Å². The van der Waals surface area contributed by atoms with E-state index in [4.69, 9.17) is 16.0 Å². The molecule has 2 heterocycles. The highest BCUT2D eigenvalue weighted by molar-refractivity contribution is 6.33. The van der Waals surface area contributed by atoms with Gasteiger partial charge in [0.1, 0.15) is 6.26 Å². The van der Waals surface area contributed by atoms with Crippen LogP contribution in [0.25, 0.3) is 0 Å². The van der Waals surface area contributed by atoms with Crippen LogP contribution in [0.1, 0.15) is 30.1 Å².